The van der Waals surface area contributed by atoms with Crippen molar-refractivity contribution in [3.63, 3.8) is 0 Å². The first-order valence-corrected chi connectivity index (χ1v) is 7.01. The van der Waals surface area contributed by atoms with Crippen molar-refractivity contribution in [3.05, 3.63) is 45.4 Å². The van der Waals surface area contributed by atoms with E-state index in [1.54, 1.807) is 6.92 Å². The molecule has 1 heterocycles. The van der Waals surface area contributed by atoms with Crippen molar-refractivity contribution in [1.29, 1.82) is 0 Å². The summed E-state index contributed by atoms with van der Waals surface area (Å²) in [5.41, 5.74) is 7.37. The predicted molar refractivity (Wildman–Crippen MR) is 78.8 cm³/mol. The summed E-state index contributed by atoms with van der Waals surface area (Å²) >= 11 is 7.02. The monoisotopic (exact) mass is 295 g/mol. The quantitative estimate of drug-likeness (QED) is 0.911. The van der Waals surface area contributed by atoms with Crippen molar-refractivity contribution < 1.29 is 4.79 Å². The maximum Gasteiger partial charge on any atom is 0.263 e. The van der Waals surface area contributed by atoms with Gasteiger partial charge in [0.1, 0.15) is 4.88 Å². The van der Waals surface area contributed by atoms with Crippen molar-refractivity contribution >= 4 is 34.0 Å². The molecule has 4 nitrogen and oxygen atoms in total. The lowest BCUT2D eigenvalue weighted by molar-refractivity contribution is 0.0957. The van der Waals surface area contributed by atoms with E-state index in [9.17, 15) is 4.79 Å². The molecule has 2 aromatic rings. The predicted octanol–water partition coefficient (Wildman–Crippen LogP) is 2.66. The average Bonchev–Trinajstić information content (AvgIpc) is 2.71. The lowest BCUT2D eigenvalue weighted by Crippen LogP contribution is -2.25. The first kappa shape index (κ1) is 13.8. The number of rotatable bonds is 4. The number of nitrogen functional groups attached to an aromatic ring is 1. The van der Waals surface area contributed by atoms with Gasteiger partial charge in [0.15, 0.2) is 5.13 Å². The molecule has 6 heteroatoms. The Morgan fingerprint density at radius 1 is 1.42 bits per heavy atom. The summed E-state index contributed by atoms with van der Waals surface area (Å²) in [5.74, 6) is -0.124. The number of aryl methyl sites for hydroxylation is 1. The third-order valence-electron chi connectivity index (χ3n) is 2.63. The molecule has 0 fully saturated rings. The molecule has 0 radical (unpaired) electrons. The molecule has 0 unspecified atom stereocenters. The number of carbonyl (C=O) groups excluding carboxylic acids is 1. The van der Waals surface area contributed by atoms with Gasteiger partial charge in [-0.15, -0.1) is 0 Å². The zero-order chi connectivity index (χ0) is 13.8. The van der Waals surface area contributed by atoms with Crippen LogP contribution in [-0.4, -0.2) is 17.4 Å². The maximum absolute atomic E-state index is 11.9. The Hall–Kier alpha value is -1.59. The minimum absolute atomic E-state index is 0.124. The molecule has 1 amide bonds. The van der Waals surface area contributed by atoms with E-state index in [0.717, 1.165) is 12.0 Å². The molecular weight excluding hydrogens is 282 g/mol. The van der Waals surface area contributed by atoms with Crippen LogP contribution in [0.15, 0.2) is 24.3 Å². The molecule has 1 aromatic heterocycles. The Kier molecular flexibility index (Phi) is 4.39. The zero-order valence-electron chi connectivity index (χ0n) is 10.4. The largest absolute Gasteiger partial charge is 0.375 e. The van der Waals surface area contributed by atoms with Gasteiger partial charge in [0, 0.05) is 11.6 Å². The number of aromatic nitrogens is 1. The Balaban J connectivity index is 1.87. The highest BCUT2D eigenvalue weighted by atomic mass is 35.5. The number of hydrogen-bond donors (Lipinski definition) is 2. The van der Waals surface area contributed by atoms with E-state index >= 15 is 0 Å². The van der Waals surface area contributed by atoms with Crippen LogP contribution in [-0.2, 0) is 6.42 Å². The fraction of sp³-hybridized carbons (Fsp3) is 0.231. The van der Waals surface area contributed by atoms with Gasteiger partial charge in [0.25, 0.3) is 5.91 Å². The third kappa shape index (κ3) is 3.68. The smallest absolute Gasteiger partial charge is 0.263 e. The Morgan fingerprint density at radius 2 is 2.11 bits per heavy atom. The van der Waals surface area contributed by atoms with Crippen LogP contribution in [0.4, 0.5) is 5.13 Å². The van der Waals surface area contributed by atoms with E-state index in [1.165, 1.54) is 11.3 Å². The molecule has 0 saturated carbocycles. The zero-order valence-corrected chi connectivity index (χ0v) is 12.0. The Bertz CT molecular complexity index is 580. The second-order valence-corrected chi connectivity index (χ2v) is 5.57. The van der Waals surface area contributed by atoms with Crippen LogP contribution in [0.3, 0.4) is 0 Å². The lowest BCUT2D eigenvalue weighted by atomic mass is 10.1. The van der Waals surface area contributed by atoms with Gasteiger partial charge in [0.2, 0.25) is 0 Å². The second-order valence-electron chi connectivity index (χ2n) is 4.10. The van der Waals surface area contributed by atoms with Crippen LogP contribution >= 0.6 is 22.9 Å². The number of carbonyl (C=O) groups is 1. The van der Waals surface area contributed by atoms with Gasteiger partial charge in [-0.05, 0) is 31.0 Å². The fourth-order valence-electron chi connectivity index (χ4n) is 1.68. The SMILES string of the molecule is Cc1nc(N)sc1C(=O)NCCc1ccc(Cl)cc1. The number of hydrogen-bond acceptors (Lipinski definition) is 4. The van der Waals surface area contributed by atoms with E-state index < -0.39 is 0 Å². The number of halogens is 1. The lowest BCUT2D eigenvalue weighted by Gasteiger charge is -2.04. The van der Waals surface area contributed by atoms with Gasteiger partial charge in [0.05, 0.1) is 5.69 Å². The number of benzene rings is 1. The van der Waals surface area contributed by atoms with Gasteiger partial charge in [-0.3, -0.25) is 4.79 Å². The van der Waals surface area contributed by atoms with Crippen molar-refractivity contribution in [1.82, 2.24) is 10.3 Å². The highest BCUT2D eigenvalue weighted by molar-refractivity contribution is 7.17. The summed E-state index contributed by atoms with van der Waals surface area (Å²) in [7, 11) is 0. The molecule has 0 spiro atoms. The van der Waals surface area contributed by atoms with Crippen molar-refractivity contribution in [2.75, 3.05) is 12.3 Å². The van der Waals surface area contributed by atoms with Gasteiger partial charge >= 0.3 is 0 Å². The van der Waals surface area contributed by atoms with Gasteiger partial charge in [-0.1, -0.05) is 35.1 Å². The summed E-state index contributed by atoms with van der Waals surface area (Å²) in [6.45, 7) is 2.35. The third-order valence-corrected chi connectivity index (χ3v) is 3.87. The molecular formula is C13H14ClN3OS. The Labute approximate surface area is 120 Å². The number of anilines is 1. The van der Waals surface area contributed by atoms with Crippen LogP contribution < -0.4 is 11.1 Å². The molecule has 0 bridgehead atoms. The van der Waals surface area contributed by atoms with E-state index in [-0.39, 0.29) is 5.91 Å². The summed E-state index contributed by atoms with van der Waals surface area (Å²) < 4.78 is 0. The highest BCUT2D eigenvalue weighted by Gasteiger charge is 2.13. The fourth-order valence-corrected chi connectivity index (χ4v) is 2.56. The van der Waals surface area contributed by atoms with Crippen molar-refractivity contribution in [2.24, 2.45) is 0 Å². The molecule has 1 aromatic carbocycles. The van der Waals surface area contributed by atoms with Crippen LogP contribution in [0.25, 0.3) is 0 Å². The van der Waals surface area contributed by atoms with E-state index in [0.29, 0.717) is 27.3 Å². The van der Waals surface area contributed by atoms with Crippen LogP contribution in [0.5, 0.6) is 0 Å². The summed E-state index contributed by atoms with van der Waals surface area (Å²) in [4.78, 5) is 16.5. The summed E-state index contributed by atoms with van der Waals surface area (Å²) in [5, 5.41) is 3.99. The molecule has 0 aliphatic heterocycles. The number of thiazole rings is 1. The molecule has 0 aliphatic rings. The second kappa shape index (κ2) is 6.04. The molecule has 19 heavy (non-hydrogen) atoms. The minimum atomic E-state index is -0.124. The molecule has 100 valence electrons. The summed E-state index contributed by atoms with van der Waals surface area (Å²) in [6, 6.07) is 7.58. The molecule has 0 atom stereocenters. The van der Waals surface area contributed by atoms with Crippen LogP contribution in [0, 0.1) is 6.92 Å². The van der Waals surface area contributed by atoms with Gasteiger partial charge in [-0.25, -0.2) is 4.98 Å². The number of nitrogens with two attached hydrogens (primary N) is 1. The number of amides is 1. The topological polar surface area (TPSA) is 68.0 Å². The number of nitrogens with zero attached hydrogens (tertiary/aromatic N) is 1. The highest BCUT2D eigenvalue weighted by Crippen LogP contribution is 2.19. The van der Waals surface area contributed by atoms with E-state index in [2.05, 4.69) is 10.3 Å². The minimum Gasteiger partial charge on any atom is -0.375 e. The first-order valence-electron chi connectivity index (χ1n) is 5.82. The first-order chi connectivity index (χ1) is 9.06. The van der Waals surface area contributed by atoms with Crippen LogP contribution in [0.2, 0.25) is 5.02 Å². The molecule has 0 aliphatic carbocycles. The molecule has 0 saturated heterocycles. The number of nitrogens with one attached hydrogen (secondary N) is 1. The van der Waals surface area contributed by atoms with Crippen molar-refractivity contribution in [3.8, 4) is 0 Å². The van der Waals surface area contributed by atoms with Crippen LogP contribution in [0.1, 0.15) is 20.9 Å². The standard InChI is InChI=1S/C13H14ClN3OS/c1-8-11(19-13(15)17-8)12(18)16-7-6-9-2-4-10(14)5-3-9/h2-5H,6-7H2,1H3,(H2,15,17)(H,16,18). The van der Waals surface area contributed by atoms with Gasteiger partial charge in [-0.2, -0.15) is 0 Å². The van der Waals surface area contributed by atoms with E-state index in [1.807, 2.05) is 24.3 Å². The van der Waals surface area contributed by atoms with Crippen molar-refractivity contribution in [2.45, 2.75) is 13.3 Å². The summed E-state index contributed by atoms with van der Waals surface area (Å²) in [6.07, 6.45) is 0.760. The average molecular weight is 296 g/mol. The molecule has 3 N–H and O–H groups in total. The van der Waals surface area contributed by atoms with Gasteiger partial charge < -0.3 is 11.1 Å². The Morgan fingerprint density at radius 3 is 2.68 bits per heavy atom. The molecule has 2 rings (SSSR count). The maximum atomic E-state index is 11.9. The normalized spacial score (nSPS) is 10.4. The van der Waals surface area contributed by atoms with E-state index in [4.69, 9.17) is 17.3 Å².